The summed E-state index contributed by atoms with van der Waals surface area (Å²) in [7, 11) is -1.12. The van der Waals surface area contributed by atoms with E-state index in [9.17, 15) is 4.21 Å². The van der Waals surface area contributed by atoms with Gasteiger partial charge in [-0.05, 0) is 24.1 Å². The van der Waals surface area contributed by atoms with Crippen LogP contribution in [-0.4, -0.2) is 16.0 Å². The molecule has 0 aliphatic heterocycles. The number of nitrogens with two attached hydrogens (primary N) is 1. The average Bonchev–Trinajstić information content (AvgIpc) is 2.31. The molecule has 0 radical (unpaired) electrons. The molecule has 1 aromatic carbocycles. The van der Waals surface area contributed by atoms with E-state index in [1.165, 1.54) is 0 Å². The fourth-order valence-corrected chi connectivity index (χ4v) is 3.06. The van der Waals surface area contributed by atoms with E-state index in [1.54, 1.807) is 18.2 Å². The van der Waals surface area contributed by atoms with Crippen LogP contribution in [0.5, 0.6) is 0 Å². The summed E-state index contributed by atoms with van der Waals surface area (Å²) in [4.78, 5) is 0.679. The molecule has 1 rings (SSSR count). The van der Waals surface area contributed by atoms with Crippen molar-refractivity contribution in [3.63, 3.8) is 0 Å². The van der Waals surface area contributed by atoms with Gasteiger partial charge in [-0.3, -0.25) is 4.21 Å². The van der Waals surface area contributed by atoms with Gasteiger partial charge in [-0.2, -0.15) is 0 Å². The molecular weight excluding hydrogens is 277 g/mol. The summed E-state index contributed by atoms with van der Waals surface area (Å²) in [6, 6.07) is 4.97. The fraction of sp³-hybridized carbons (Fsp3) is 0.500. The van der Waals surface area contributed by atoms with Gasteiger partial charge in [0.15, 0.2) is 0 Å². The second-order valence-electron chi connectivity index (χ2n) is 4.14. The molecule has 0 fully saturated rings. The Labute approximate surface area is 115 Å². The molecule has 0 saturated heterocycles. The molecule has 3 unspecified atom stereocenters. The predicted octanol–water partition coefficient (Wildman–Crippen LogP) is 3.47. The van der Waals surface area contributed by atoms with E-state index in [-0.39, 0.29) is 6.04 Å². The molecule has 0 heterocycles. The van der Waals surface area contributed by atoms with Crippen LogP contribution in [0.25, 0.3) is 0 Å². The maximum atomic E-state index is 12.1. The van der Waals surface area contributed by atoms with Crippen LogP contribution in [0.2, 0.25) is 10.0 Å². The fourth-order valence-electron chi connectivity index (χ4n) is 1.36. The number of hydrogen-bond donors (Lipinski definition) is 1. The van der Waals surface area contributed by atoms with Crippen LogP contribution in [0, 0.1) is 5.92 Å². The maximum absolute atomic E-state index is 12.1. The second-order valence-corrected chi connectivity index (χ2v) is 6.45. The first-order chi connectivity index (χ1) is 7.95. The molecule has 0 amide bonds. The van der Waals surface area contributed by atoms with Crippen LogP contribution in [0.3, 0.4) is 0 Å². The van der Waals surface area contributed by atoms with E-state index in [1.807, 2.05) is 0 Å². The summed E-state index contributed by atoms with van der Waals surface area (Å²) in [5.74, 6) is 0.814. The molecule has 0 saturated carbocycles. The summed E-state index contributed by atoms with van der Waals surface area (Å²) in [6.07, 6.45) is 0.986. The molecule has 2 N–H and O–H groups in total. The zero-order valence-electron chi connectivity index (χ0n) is 9.95. The van der Waals surface area contributed by atoms with Crippen LogP contribution in [-0.2, 0) is 10.8 Å². The Morgan fingerprint density at radius 3 is 2.53 bits per heavy atom. The normalized spacial score (nSPS) is 16.5. The number of rotatable bonds is 5. The minimum absolute atomic E-state index is 0.0599. The van der Waals surface area contributed by atoms with E-state index in [0.717, 1.165) is 6.42 Å². The van der Waals surface area contributed by atoms with Gasteiger partial charge < -0.3 is 5.73 Å². The van der Waals surface area contributed by atoms with E-state index in [0.29, 0.717) is 26.6 Å². The van der Waals surface area contributed by atoms with Crippen molar-refractivity contribution in [2.24, 2.45) is 11.7 Å². The van der Waals surface area contributed by atoms with Crippen molar-refractivity contribution in [2.45, 2.75) is 31.2 Å². The van der Waals surface area contributed by atoms with Gasteiger partial charge in [-0.25, -0.2) is 0 Å². The van der Waals surface area contributed by atoms with Gasteiger partial charge in [0.05, 0.1) is 20.8 Å². The highest BCUT2D eigenvalue weighted by Crippen LogP contribution is 2.24. The van der Waals surface area contributed by atoms with Crippen molar-refractivity contribution in [1.29, 1.82) is 0 Å². The quantitative estimate of drug-likeness (QED) is 0.903. The molecule has 0 bridgehead atoms. The SMILES string of the molecule is CCC(C)C(N)CS(=O)c1ccc(Cl)c(Cl)c1. The highest BCUT2D eigenvalue weighted by Gasteiger charge is 2.16. The van der Waals surface area contributed by atoms with E-state index in [2.05, 4.69) is 13.8 Å². The highest BCUT2D eigenvalue weighted by atomic mass is 35.5. The zero-order valence-corrected chi connectivity index (χ0v) is 12.3. The van der Waals surface area contributed by atoms with Gasteiger partial charge in [0.1, 0.15) is 0 Å². The van der Waals surface area contributed by atoms with Gasteiger partial charge in [-0.15, -0.1) is 0 Å². The molecule has 1 aromatic rings. The number of benzene rings is 1. The van der Waals surface area contributed by atoms with Crippen LogP contribution < -0.4 is 5.73 Å². The van der Waals surface area contributed by atoms with Crippen molar-refractivity contribution in [2.75, 3.05) is 5.75 Å². The third-order valence-electron chi connectivity index (χ3n) is 2.87. The third kappa shape index (κ3) is 4.25. The number of halogens is 2. The minimum Gasteiger partial charge on any atom is -0.327 e. The molecule has 96 valence electrons. The van der Waals surface area contributed by atoms with Crippen molar-refractivity contribution in [3.8, 4) is 0 Å². The van der Waals surface area contributed by atoms with E-state index in [4.69, 9.17) is 28.9 Å². The zero-order chi connectivity index (χ0) is 13.0. The molecule has 3 atom stereocenters. The Hall–Kier alpha value is -0.0900. The Bertz CT molecular complexity index is 411. The van der Waals surface area contributed by atoms with Crippen LogP contribution in [0.4, 0.5) is 0 Å². The summed E-state index contributed by atoms with van der Waals surface area (Å²) in [5.41, 5.74) is 5.98. The van der Waals surface area contributed by atoms with Crippen LogP contribution in [0.15, 0.2) is 23.1 Å². The second kappa shape index (κ2) is 6.74. The first kappa shape index (κ1) is 15.0. The molecule has 0 aromatic heterocycles. The third-order valence-corrected chi connectivity index (χ3v) is 5.08. The topological polar surface area (TPSA) is 43.1 Å². The molecule has 0 spiro atoms. The van der Waals surface area contributed by atoms with E-state index >= 15 is 0 Å². The van der Waals surface area contributed by atoms with Crippen LogP contribution >= 0.6 is 23.2 Å². The van der Waals surface area contributed by atoms with Crippen molar-refractivity contribution in [3.05, 3.63) is 28.2 Å². The summed E-state index contributed by atoms with van der Waals surface area (Å²) >= 11 is 11.7. The lowest BCUT2D eigenvalue weighted by Gasteiger charge is -2.17. The molecule has 0 aliphatic carbocycles. The van der Waals surface area contributed by atoms with Crippen molar-refractivity contribution < 1.29 is 4.21 Å². The first-order valence-corrected chi connectivity index (χ1v) is 7.62. The van der Waals surface area contributed by atoms with Crippen LogP contribution in [0.1, 0.15) is 20.3 Å². The highest BCUT2D eigenvalue weighted by molar-refractivity contribution is 7.85. The molecular formula is C12H17Cl2NOS. The van der Waals surface area contributed by atoms with E-state index < -0.39 is 10.8 Å². The van der Waals surface area contributed by atoms with Gasteiger partial charge >= 0.3 is 0 Å². The summed E-state index contributed by atoms with van der Waals surface area (Å²) in [6.45, 7) is 4.14. The number of hydrogen-bond acceptors (Lipinski definition) is 2. The Kier molecular flexibility index (Phi) is 5.93. The van der Waals surface area contributed by atoms with Gasteiger partial charge in [-0.1, -0.05) is 43.5 Å². The monoisotopic (exact) mass is 293 g/mol. The lowest BCUT2D eigenvalue weighted by Crippen LogP contribution is -2.33. The Balaban J connectivity index is 2.73. The minimum atomic E-state index is -1.12. The molecule has 0 aliphatic rings. The standard InChI is InChI=1S/C12H17Cl2NOS/c1-3-8(2)12(15)7-17(16)9-4-5-10(13)11(14)6-9/h4-6,8,12H,3,7,15H2,1-2H3. The molecule has 17 heavy (non-hydrogen) atoms. The molecule has 5 heteroatoms. The predicted molar refractivity (Wildman–Crippen MR) is 75.2 cm³/mol. The molecule has 2 nitrogen and oxygen atoms in total. The summed E-state index contributed by atoms with van der Waals surface area (Å²) in [5, 5.41) is 0.897. The lowest BCUT2D eigenvalue weighted by atomic mass is 10.0. The lowest BCUT2D eigenvalue weighted by molar-refractivity contribution is 0.472. The van der Waals surface area contributed by atoms with Gasteiger partial charge in [0.2, 0.25) is 0 Å². The van der Waals surface area contributed by atoms with Gasteiger partial charge in [0, 0.05) is 16.7 Å². The van der Waals surface area contributed by atoms with Gasteiger partial charge in [0.25, 0.3) is 0 Å². The van der Waals surface area contributed by atoms with Crippen molar-refractivity contribution in [1.82, 2.24) is 0 Å². The van der Waals surface area contributed by atoms with Crippen molar-refractivity contribution >= 4 is 34.0 Å². The Morgan fingerprint density at radius 1 is 1.35 bits per heavy atom. The maximum Gasteiger partial charge on any atom is 0.0604 e. The first-order valence-electron chi connectivity index (χ1n) is 5.54. The largest absolute Gasteiger partial charge is 0.327 e. The Morgan fingerprint density at radius 2 is 2.00 bits per heavy atom. The average molecular weight is 294 g/mol. The smallest absolute Gasteiger partial charge is 0.0604 e. The summed E-state index contributed by atoms with van der Waals surface area (Å²) < 4.78 is 12.1.